The Morgan fingerprint density at radius 2 is 1.96 bits per heavy atom. The molecule has 0 radical (unpaired) electrons. The van der Waals surface area contributed by atoms with Gasteiger partial charge in [-0.1, -0.05) is 6.07 Å². The highest BCUT2D eigenvalue weighted by atomic mass is 32.2. The summed E-state index contributed by atoms with van der Waals surface area (Å²) in [5.41, 5.74) is 0.542. The van der Waals surface area contributed by atoms with Crippen LogP contribution in [0.2, 0.25) is 0 Å². The average Bonchev–Trinajstić information content (AvgIpc) is 3.30. The van der Waals surface area contributed by atoms with Crippen LogP contribution in [-0.2, 0) is 19.6 Å². The maximum atomic E-state index is 13.0. The fourth-order valence-electron chi connectivity index (χ4n) is 2.76. The van der Waals surface area contributed by atoms with Gasteiger partial charge in [0.05, 0.1) is 5.92 Å². The molecule has 1 saturated heterocycles. The first kappa shape index (κ1) is 19.5. The Balaban J connectivity index is 1.47. The zero-order valence-electron chi connectivity index (χ0n) is 14.2. The number of sulfonamides is 1. The largest absolute Gasteiger partial charge is 0.354 e. The number of hydrogen-bond donors (Lipinski definition) is 2. The number of carbonyl (C=O) groups excluding carboxylic acids is 2. The summed E-state index contributed by atoms with van der Waals surface area (Å²) in [5, 5.41) is 4.31. The molecule has 0 unspecified atom stereocenters. The molecule has 0 spiro atoms. The molecule has 10 heteroatoms. The Hall–Kier alpha value is -2.30. The predicted octanol–water partition coefficient (Wildman–Crippen LogP) is 1.33. The van der Waals surface area contributed by atoms with E-state index < -0.39 is 21.8 Å². The van der Waals surface area contributed by atoms with E-state index in [0.29, 0.717) is 5.69 Å². The van der Waals surface area contributed by atoms with E-state index in [1.807, 2.05) is 0 Å². The Labute approximate surface area is 160 Å². The number of hydrogen-bond acceptors (Lipinski definition) is 5. The van der Waals surface area contributed by atoms with Crippen molar-refractivity contribution in [1.82, 2.24) is 10.0 Å². The number of thiophene rings is 1. The third kappa shape index (κ3) is 4.71. The molecular weight excluding hydrogens is 393 g/mol. The zero-order chi connectivity index (χ0) is 19.4. The lowest BCUT2D eigenvalue weighted by Gasteiger charge is -2.16. The molecule has 1 aromatic carbocycles. The molecule has 2 aromatic rings. The number of amides is 2. The number of benzene rings is 1. The summed E-state index contributed by atoms with van der Waals surface area (Å²) in [4.78, 5) is 25.8. The minimum absolute atomic E-state index is 0.0499. The lowest BCUT2D eigenvalue weighted by Crippen LogP contribution is -2.38. The second kappa shape index (κ2) is 8.15. The van der Waals surface area contributed by atoms with Crippen LogP contribution >= 0.6 is 11.3 Å². The summed E-state index contributed by atoms with van der Waals surface area (Å²) in [6.45, 7) is 0.371. The molecule has 27 heavy (non-hydrogen) atoms. The summed E-state index contributed by atoms with van der Waals surface area (Å²) in [5.74, 6) is -1.45. The van der Waals surface area contributed by atoms with Crippen LogP contribution in [-0.4, -0.2) is 39.9 Å². The third-order valence-electron chi connectivity index (χ3n) is 4.11. The van der Waals surface area contributed by atoms with Crippen LogP contribution < -0.4 is 14.9 Å². The van der Waals surface area contributed by atoms with Gasteiger partial charge in [-0.25, -0.2) is 17.5 Å². The number of nitrogens with one attached hydrogen (secondary N) is 2. The minimum Gasteiger partial charge on any atom is -0.354 e. The van der Waals surface area contributed by atoms with Crippen LogP contribution in [0.25, 0.3) is 0 Å². The minimum atomic E-state index is -3.57. The number of nitrogens with zero attached hydrogens (tertiary/aromatic N) is 1. The maximum absolute atomic E-state index is 13.0. The van der Waals surface area contributed by atoms with E-state index in [4.69, 9.17) is 0 Å². The first-order chi connectivity index (χ1) is 12.9. The molecule has 2 N–H and O–H groups in total. The van der Waals surface area contributed by atoms with Crippen LogP contribution in [0, 0.1) is 11.7 Å². The highest BCUT2D eigenvalue weighted by Crippen LogP contribution is 2.25. The fourth-order valence-corrected chi connectivity index (χ4v) is 4.83. The first-order valence-electron chi connectivity index (χ1n) is 8.23. The van der Waals surface area contributed by atoms with Crippen molar-refractivity contribution >= 4 is 38.9 Å². The molecule has 1 fully saturated rings. The van der Waals surface area contributed by atoms with Crippen LogP contribution in [0.4, 0.5) is 10.1 Å². The second-order valence-corrected chi connectivity index (χ2v) is 8.94. The highest BCUT2D eigenvalue weighted by molar-refractivity contribution is 7.91. The third-order valence-corrected chi connectivity index (χ3v) is 6.97. The van der Waals surface area contributed by atoms with Gasteiger partial charge in [0.2, 0.25) is 21.8 Å². The van der Waals surface area contributed by atoms with Crippen molar-refractivity contribution in [2.45, 2.75) is 10.6 Å². The molecule has 2 heterocycles. The zero-order valence-corrected chi connectivity index (χ0v) is 15.9. The monoisotopic (exact) mass is 411 g/mol. The Kier molecular flexibility index (Phi) is 5.88. The van der Waals surface area contributed by atoms with Crippen molar-refractivity contribution in [2.75, 3.05) is 24.5 Å². The molecule has 0 aliphatic carbocycles. The van der Waals surface area contributed by atoms with E-state index in [-0.39, 0.29) is 42.1 Å². The van der Waals surface area contributed by atoms with Crippen molar-refractivity contribution < 1.29 is 22.4 Å². The molecule has 1 aliphatic rings. The second-order valence-electron chi connectivity index (χ2n) is 6.00. The molecule has 2 amide bonds. The van der Waals surface area contributed by atoms with Crippen LogP contribution in [0.1, 0.15) is 6.42 Å². The molecule has 1 aliphatic heterocycles. The normalized spacial score (nSPS) is 17.3. The van der Waals surface area contributed by atoms with Crippen LogP contribution in [0.15, 0.2) is 46.0 Å². The molecular formula is C17H18FN3O4S2. The predicted molar refractivity (Wildman–Crippen MR) is 99.4 cm³/mol. The lowest BCUT2D eigenvalue weighted by atomic mass is 10.1. The van der Waals surface area contributed by atoms with E-state index in [1.54, 1.807) is 11.4 Å². The van der Waals surface area contributed by atoms with E-state index >= 15 is 0 Å². The van der Waals surface area contributed by atoms with Gasteiger partial charge in [-0.2, -0.15) is 0 Å². The van der Waals surface area contributed by atoms with Crippen LogP contribution in [0.5, 0.6) is 0 Å². The van der Waals surface area contributed by atoms with Crippen molar-refractivity contribution in [1.29, 1.82) is 0 Å². The van der Waals surface area contributed by atoms with Crippen molar-refractivity contribution in [3.8, 4) is 0 Å². The summed E-state index contributed by atoms with van der Waals surface area (Å²) in [6, 6.07) is 8.65. The summed E-state index contributed by atoms with van der Waals surface area (Å²) < 4.78 is 39.6. The Morgan fingerprint density at radius 3 is 2.63 bits per heavy atom. The summed E-state index contributed by atoms with van der Waals surface area (Å²) in [6.07, 6.45) is 0.0597. The van der Waals surface area contributed by atoms with Gasteiger partial charge in [0.1, 0.15) is 10.0 Å². The molecule has 0 saturated carbocycles. The first-order valence-corrected chi connectivity index (χ1v) is 10.6. The Morgan fingerprint density at radius 1 is 1.22 bits per heavy atom. The lowest BCUT2D eigenvalue weighted by molar-refractivity contribution is -0.126. The van der Waals surface area contributed by atoms with Gasteiger partial charge in [0, 0.05) is 31.7 Å². The number of halogens is 1. The molecule has 0 bridgehead atoms. The van der Waals surface area contributed by atoms with Gasteiger partial charge in [-0.05, 0) is 35.7 Å². The Bertz CT molecular complexity index is 914. The smallest absolute Gasteiger partial charge is 0.250 e. The van der Waals surface area contributed by atoms with E-state index in [0.717, 1.165) is 11.3 Å². The number of anilines is 1. The topological polar surface area (TPSA) is 95.6 Å². The highest BCUT2D eigenvalue weighted by Gasteiger charge is 2.34. The van der Waals surface area contributed by atoms with Gasteiger partial charge in [-0.3, -0.25) is 9.59 Å². The molecule has 3 rings (SSSR count). The average molecular weight is 411 g/mol. The van der Waals surface area contributed by atoms with Gasteiger partial charge in [-0.15, -0.1) is 11.3 Å². The SMILES string of the molecule is O=C(NCCNS(=O)(=O)c1cccs1)[C@@H]1CC(=O)N(c2ccc(F)cc2)C1. The number of rotatable bonds is 7. The van der Waals surface area contributed by atoms with Gasteiger partial charge in [0.15, 0.2) is 0 Å². The summed E-state index contributed by atoms with van der Waals surface area (Å²) in [7, 11) is -3.57. The summed E-state index contributed by atoms with van der Waals surface area (Å²) >= 11 is 1.11. The van der Waals surface area contributed by atoms with Crippen molar-refractivity contribution in [3.63, 3.8) is 0 Å². The number of carbonyl (C=O) groups is 2. The van der Waals surface area contributed by atoms with Gasteiger partial charge < -0.3 is 10.2 Å². The fraction of sp³-hybridized carbons (Fsp3) is 0.294. The van der Waals surface area contributed by atoms with E-state index in [2.05, 4.69) is 10.0 Å². The quantitative estimate of drug-likeness (QED) is 0.672. The van der Waals surface area contributed by atoms with Crippen LogP contribution in [0.3, 0.4) is 0 Å². The van der Waals surface area contributed by atoms with E-state index in [9.17, 15) is 22.4 Å². The maximum Gasteiger partial charge on any atom is 0.250 e. The molecule has 7 nitrogen and oxygen atoms in total. The standard InChI is InChI=1S/C17H18FN3O4S2/c18-13-3-5-14(6-4-13)21-11-12(10-15(21)22)17(23)19-7-8-20-27(24,25)16-2-1-9-26-16/h1-6,9,12,20H,7-8,10-11H2,(H,19,23)/t12-/m1/s1. The van der Waals surface area contributed by atoms with E-state index in [1.165, 1.54) is 35.2 Å². The van der Waals surface area contributed by atoms with Crippen molar-refractivity contribution in [2.24, 2.45) is 5.92 Å². The van der Waals surface area contributed by atoms with Gasteiger partial charge in [0.25, 0.3) is 0 Å². The molecule has 1 aromatic heterocycles. The van der Waals surface area contributed by atoms with Gasteiger partial charge >= 0.3 is 0 Å². The molecule has 1 atom stereocenters. The molecule has 144 valence electrons. The van der Waals surface area contributed by atoms with Crippen molar-refractivity contribution in [3.05, 3.63) is 47.6 Å².